The van der Waals surface area contributed by atoms with Crippen molar-refractivity contribution in [3.8, 4) is 0 Å². The van der Waals surface area contributed by atoms with Gasteiger partial charge in [0.15, 0.2) is 0 Å². The number of benzene rings is 1. The predicted octanol–water partition coefficient (Wildman–Crippen LogP) is 4.27. The summed E-state index contributed by atoms with van der Waals surface area (Å²) in [6, 6.07) is 10.6. The van der Waals surface area contributed by atoms with E-state index in [9.17, 15) is 4.79 Å². The van der Waals surface area contributed by atoms with E-state index in [0.717, 1.165) is 56.6 Å². The van der Waals surface area contributed by atoms with Gasteiger partial charge in [0, 0.05) is 30.5 Å². The third-order valence-electron chi connectivity index (χ3n) is 5.77. The Labute approximate surface area is 161 Å². The van der Waals surface area contributed by atoms with E-state index in [2.05, 4.69) is 41.1 Å². The maximum Gasteiger partial charge on any atom is 0.272 e. The number of para-hydroxylation sites is 1. The molecule has 0 N–H and O–H groups in total. The monoisotopic (exact) mass is 364 g/mol. The minimum Gasteiger partial charge on any atom is -0.334 e. The van der Waals surface area contributed by atoms with Crippen LogP contribution in [0.15, 0.2) is 30.3 Å². The quantitative estimate of drug-likeness (QED) is 0.816. The van der Waals surface area contributed by atoms with Gasteiger partial charge < -0.3 is 9.80 Å². The van der Waals surface area contributed by atoms with E-state index in [1.165, 1.54) is 12.0 Å². The molecule has 5 nitrogen and oxygen atoms in total. The Balaban J connectivity index is 1.67. The molecule has 0 radical (unpaired) electrons. The van der Waals surface area contributed by atoms with Crippen LogP contribution in [-0.4, -0.2) is 39.9 Å². The SMILES string of the molecule is CCC1CCCCN1C(=O)c1cc(C)nc(N2CCCc3ccccc32)n1. The van der Waals surface area contributed by atoms with Crippen LogP contribution in [0, 0.1) is 6.92 Å². The zero-order valence-electron chi connectivity index (χ0n) is 16.3. The van der Waals surface area contributed by atoms with Crippen molar-refractivity contribution in [2.45, 2.75) is 58.4 Å². The summed E-state index contributed by atoms with van der Waals surface area (Å²) in [5.74, 6) is 0.703. The molecule has 27 heavy (non-hydrogen) atoms. The van der Waals surface area contributed by atoms with Gasteiger partial charge in [0.05, 0.1) is 0 Å². The van der Waals surface area contributed by atoms with Crippen LogP contribution in [0.25, 0.3) is 0 Å². The molecule has 1 aromatic heterocycles. The van der Waals surface area contributed by atoms with Gasteiger partial charge in [-0.1, -0.05) is 25.1 Å². The smallest absolute Gasteiger partial charge is 0.272 e. The van der Waals surface area contributed by atoms with Crippen molar-refractivity contribution in [2.24, 2.45) is 0 Å². The summed E-state index contributed by atoms with van der Waals surface area (Å²) >= 11 is 0. The number of piperidine rings is 1. The Morgan fingerprint density at radius 1 is 1.15 bits per heavy atom. The number of amides is 1. The van der Waals surface area contributed by atoms with Crippen molar-refractivity contribution in [1.29, 1.82) is 0 Å². The number of carbonyl (C=O) groups is 1. The molecule has 1 atom stereocenters. The largest absolute Gasteiger partial charge is 0.334 e. The van der Waals surface area contributed by atoms with Gasteiger partial charge in [0.25, 0.3) is 5.91 Å². The van der Waals surface area contributed by atoms with Gasteiger partial charge in [0.1, 0.15) is 5.69 Å². The molecule has 2 aliphatic heterocycles. The molecule has 5 heteroatoms. The summed E-state index contributed by atoms with van der Waals surface area (Å²) in [7, 11) is 0. The zero-order valence-corrected chi connectivity index (χ0v) is 16.3. The topological polar surface area (TPSA) is 49.3 Å². The van der Waals surface area contributed by atoms with E-state index in [4.69, 9.17) is 4.98 Å². The number of fused-ring (bicyclic) bond motifs is 1. The van der Waals surface area contributed by atoms with Crippen molar-refractivity contribution in [1.82, 2.24) is 14.9 Å². The standard InChI is InChI=1S/C22H28N4O/c1-3-18-11-6-7-13-25(18)21(27)19-15-16(2)23-22(24-19)26-14-8-10-17-9-4-5-12-20(17)26/h4-5,9,12,15,18H,3,6-8,10-11,13-14H2,1-2H3. The Morgan fingerprint density at radius 3 is 2.85 bits per heavy atom. The fourth-order valence-electron chi connectivity index (χ4n) is 4.36. The maximum absolute atomic E-state index is 13.2. The summed E-state index contributed by atoms with van der Waals surface area (Å²) in [6.07, 6.45) is 6.54. The molecular weight excluding hydrogens is 336 g/mol. The number of rotatable bonds is 3. The van der Waals surface area contributed by atoms with Gasteiger partial charge in [-0.25, -0.2) is 9.97 Å². The third-order valence-corrected chi connectivity index (χ3v) is 5.77. The lowest BCUT2D eigenvalue weighted by Gasteiger charge is -2.35. The van der Waals surface area contributed by atoms with Gasteiger partial charge in [-0.2, -0.15) is 0 Å². The molecule has 3 heterocycles. The third kappa shape index (κ3) is 3.55. The van der Waals surface area contributed by atoms with E-state index in [1.54, 1.807) is 0 Å². The first kappa shape index (κ1) is 18.0. The number of nitrogens with zero attached hydrogens (tertiary/aromatic N) is 4. The second-order valence-electron chi connectivity index (χ2n) is 7.63. The molecule has 0 bridgehead atoms. The van der Waals surface area contributed by atoms with Crippen molar-refractivity contribution < 1.29 is 4.79 Å². The molecule has 1 amide bonds. The Bertz CT molecular complexity index is 835. The average molecular weight is 364 g/mol. The summed E-state index contributed by atoms with van der Waals surface area (Å²) in [5.41, 5.74) is 3.86. The van der Waals surface area contributed by atoms with Gasteiger partial charge in [-0.3, -0.25) is 4.79 Å². The lowest BCUT2D eigenvalue weighted by molar-refractivity contribution is 0.0601. The lowest BCUT2D eigenvalue weighted by Crippen LogP contribution is -2.43. The van der Waals surface area contributed by atoms with E-state index >= 15 is 0 Å². The second-order valence-corrected chi connectivity index (χ2v) is 7.63. The molecule has 1 unspecified atom stereocenters. The first-order valence-corrected chi connectivity index (χ1v) is 10.2. The van der Waals surface area contributed by atoms with Crippen molar-refractivity contribution >= 4 is 17.5 Å². The Morgan fingerprint density at radius 2 is 2.00 bits per heavy atom. The fraction of sp³-hybridized carbons (Fsp3) is 0.500. The van der Waals surface area contributed by atoms with E-state index < -0.39 is 0 Å². The van der Waals surface area contributed by atoms with Crippen LogP contribution in [0.1, 0.15) is 60.8 Å². The van der Waals surface area contributed by atoms with Crippen LogP contribution < -0.4 is 4.90 Å². The fourth-order valence-corrected chi connectivity index (χ4v) is 4.36. The number of hydrogen-bond acceptors (Lipinski definition) is 4. The molecule has 4 rings (SSSR count). The highest BCUT2D eigenvalue weighted by Crippen LogP contribution is 2.32. The van der Waals surface area contributed by atoms with Crippen LogP contribution in [0.3, 0.4) is 0 Å². The number of likely N-dealkylation sites (tertiary alicyclic amines) is 1. The first-order chi connectivity index (χ1) is 13.2. The van der Waals surface area contributed by atoms with E-state index in [-0.39, 0.29) is 5.91 Å². The van der Waals surface area contributed by atoms with Crippen LogP contribution in [0.5, 0.6) is 0 Å². The van der Waals surface area contributed by atoms with Crippen LogP contribution in [0.4, 0.5) is 11.6 Å². The molecule has 0 saturated carbocycles. The summed E-state index contributed by atoms with van der Waals surface area (Å²) in [5, 5.41) is 0. The minimum atomic E-state index is 0.0543. The molecule has 1 saturated heterocycles. The molecule has 2 aromatic rings. The Kier molecular flexibility index (Phi) is 5.10. The summed E-state index contributed by atoms with van der Waals surface area (Å²) < 4.78 is 0. The highest BCUT2D eigenvalue weighted by atomic mass is 16.2. The van der Waals surface area contributed by atoms with Crippen LogP contribution in [0.2, 0.25) is 0 Å². The van der Waals surface area contributed by atoms with Crippen molar-refractivity contribution in [2.75, 3.05) is 18.0 Å². The number of carbonyl (C=O) groups excluding carboxylic acids is 1. The molecule has 142 valence electrons. The maximum atomic E-state index is 13.2. The van der Waals surface area contributed by atoms with E-state index in [1.807, 2.05) is 17.9 Å². The van der Waals surface area contributed by atoms with Crippen LogP contribution >= 0.6 is 0 Å². The molecule has 1 fully saturated rings. The van der Waals surface area contributed by atoms with Gasteiger partial charge in [-0.05, 0) is 63.1 Å². The van der Waals surface area contributed by atoms with E-state index in [0.29, 0.717) is 17.7 Å². The first-order valence-electron chi connectivity index (χ1n) is 10.2. The van der Waals surface area contributed by atoms with Gasteiger partial charge in [0.2, 0.25) is 5.95 Å². The normalized spacial score (nSPS) is 19.7. The van der Waals surface area contributed by atoms with Crippen LogP contribution in [-0.2, 0) is 6.42 Å². The minimum absolute atomic E-state index is 0.0543. The summed E-state index contributed by atoms with van der Waals surface area (Å²) in [6.45, 7) is 5.83. The van der Waals surface area contributed by atoms with Crippen molar-refractivity contribution in [3.63, 3.8) is 0 Å². The second kappa shape index (κ2) is 7.67. The van der Waals surface area contributed by atoms with Crippen molar-refractivity contribution in [3.05, 3.63) is 47.3 Å². The lowest BCUT2D eigenvalue weighted by atomic mass is 9.99. The number of anilines is 2. The average Bonchev–Trinajstić information content (AvgIpc) is 2.72. The zero-order chi connectivity index (χ0) is 18.8. The molecule has 2 aliphatic rings. The highest BCUT2D eigenvalue weighted by molar-refractivity contribution is 5.93. The highest BCUT2D eigenvalue weighted by Gasteiger charge is 2.28. The Hall–Kier alpha value is -2.43. The predicted molar refractivity (Wildman–Crippen MR) is 108 cm³/mol. The molecule has 1 aromatic carbocycles. The number of aromatic nitrogens is 2. The molecule has 0 spiro atoms. The summed E-state index contributed by atoms with van der Waals surface area (Å²) in [4.78, 5) is 26.8. The molecular formula is C22H28N4O. The molecule has 0 aliphatic carbocycles. The number of hydrogen-bond donors (Lipinski definition) is 0. The van der Waals surface area contributed by atoms with Gasteiger partial charge in [-0.15, -0.1) is 0 Å². The number of aryl methyl sites for hydroxylation is 2. The van der Waals surface area contributed by atoms with Gasteiger partial charge >= 0.3 is 0 Å².